The molecule has 1 saturated heterocycles. The molecule has 1 fully saturated rings. The summed E-state index contributed by atoms with van der Waals surface area (Å²) in [6.45, 7) is 2.93. The number of nitrogens with two attached hydrogens (primary N) is 1. The monoisotopic (exact) mass is 773 g/mol. The van der Waals surface area contributed by atoms with E-state index in [-0.39, 0.29) is 36.9 Å². The number of hydrogen-bond acceptors (Lipinski definition) is 17. The van der Waals surface area contributed by atoms with Crippen LogP contribution >= 0.6 is 36.1 Å². The number of phosphoric ester groups is 2. The van der Waals surface area contributed by atoms with Gasteiger partial charge in [0.25, 0.3) is 0 Å². The smallest absolute Gasteiger partial charge is 0.383 e. The topological polar surface area (TPSA) is 303 Å². The quantitative estimate of drug-likeness (QED) is 0.0814. The van der Waals surface area contributed by atoms with Crippen molar-refractivity contribution >= 4 is 70.0 Å². The number of nitrogens with one attached hydrogen (secondary N) is 2. The lowest BCUT2D eigenvalue weighted by molar-refractivity contribution is -0.137. The lowest BCUT2D eigenvalue weighted by Gasteiger charge is -2.30. The number of carbonyl (C=O) groups excluding carboxylic acids is 3. The zero-order valence-electron chi connectivity index (χ0n) is 26.6. The summed E-state index contributed by atoms with van der Waals surface area (Å²) >= 11 is 1.09. The summed E-state index contributed by atoms with van der Waals surface area (Å²) in [6, 6.07) is 0. The van der Waals surface area contributed by atoms with E-state index < -0.39 is 79.3 Å². The molecule has 2 aromatic rings. The molecule has 7 N–H and O–H groups in total. The van der Waals surface area contributed by atoms with Gasteiger partial charge in [-0.25, -0.2) is 28.6 Å². The molecule has 0 aromatic carbocycles. The van der Waals surface area contributed by atoms with Crippen LogP contribution in [-0.4, -0.2) is 102 Å². The number of aromatic nitrogens is 4. The average Bonchev–Trinajstić information content (AvgIpc) is 3.65. The van der Waals surface area contributed by atoms with Gasteiger partial charge in [-0.3, -0.25) is 32.5 Å². The van der Waals surface area contributed by atoms with Gasteiger partial charge in [-0.2, -0.15) is 4.31 Å². The van der Waals surface area contributed by atoms with Gasteiger partial charge in [-0.15, -0.1) is 0 Å². The Morgan fingerprint density at radius 1 is 1.18 bits per heavy atom. The minimum atomic E-state index is -5.33. The second-order valence-corrected chi connectivity index (χ2v) is 15.7. The summed E-state index contributed by atoms with van der Waals surface area (Å²) in [5.74, 6) is -0.790. The Labute approximate surface area is 285 Å². The predicted octanol–water partition coefficient (Wildman–Crippen LogP) is 1.22. The first kappa shape index (κ1) is 41.0. The van der Waals surface area contributed by atoms with E-state index in [1.807, 2.05) is 0 Å². The van der Waals surface area contributed by atoms with Gasteiger partial charge >= 0.3 is 24.3 Å². The molecule has 2 aromatic heterocycles. The number of phosphoric acid groups is 2. The summed E-state index contributed by atoms with van der Waals surface area (Å²) in [5.41, 5.74) is 4.89. The van der Waals surface area contributed by atoms with Crippen molar-refractivity contribution in [2.24, 2.45) is 5.41 Å². The van der Waals surface area contributed by atoms with Crippen LogP contribution in [0.4, 0.5) is 5.82 Å². The van der Waals surface area contributed by atoms with E-state index in [9.17, 15) is 43.0 Å². The summed E-state index contributed by atoms with van der Waals surface area (Å²) in [5, 5.41) is 15.4. The molecule has 2 amide bonds. The van der Waals surface area contributed by atoms with Crippen LogP contribution in [0.3, 0.4) is 0 Å². The summed E-state index contributed by atoms with van der Waals surface area (Å²) in [6.07, 6.45) is -1.77. The van der Waals surface area contributed by atoms with Gasteiger partial charge in [0.2, 0.25) is 11.8 Å². The highest BCUT2D eigenvalue weighted by Crippen LogP contribution is 2.61. The number of amides is 2. The Morgan fingerprint density at radius 3 is 2.59 bits per heavy atom. The standard InChI is InChI=1S/C24H38N7O14P3S/c1-4-18(33)49-8-7-26-16(32)5-6-27-23(35)20(34)24(2,3)11-42-48(39,40)45-47(37,38)41-10-15-14(44-46-36)9-17(43-15)31-13-30-19-21(25)28-12-29-22(19)31/h12-15,17,20,34H,4-11H2,1-3H3,(H,26,32)(H,27,35)(H,37,38)(H,39,40)(H2,25,28,29)/t14-,15+,17+,20?/m0/s1. The summed E-state index contributed by atoms with van der Waals surface area (Å²) < 4.78 is 62.7. The molecule has 3 unspecified atom stereocenters. The molecular formula is C24H38N7O14P3S. The third-order valence-electron chi connectivity index (χ3n) is 6.88. The van der Waals surface area contributed by atoms with Crippen LogP contribution < -0.4 is 16.4 Å². The van der Waals surface area contributed by atoms with E-state index in [4.69, 9.17) is 24.0 Å². The van der Waals surface area contributed by atoms with Crippen LogP contribution in [0.5, 0.6) is 0 Å². The number of nitrogens with zero attached hydrogens (tertiary/aromatic N) is 4. The Bertz CT molecular complexity index is 1580. The number of ether oxygens (including phenoxy) is 1. The number of hydrogen-bond donors (Lipinski definition) is 6. The van der Waals surface area contributed by atoms with Gasteiger partial charge in [-0.05, 0) is 0 Å². The van der Waals surface area contributed by atoms with Gasteiger partial charge in [0.05, 0.1) is 19.5 Å². The third-order valence-corrected chi connectivity index (χ3v) is 10.8. The van der Waals surface area contributed by atoms with Crippen molar-refractivity contribution in [3.8, 4) is 0 Å². The molecule has 1 aliphatic rings. The van der Waals surface area contributed by atoms with E-state index in [1.165, 1.54) is 31.1 Å². The third kappa shape index (κ3) is 12.4. The molecule has 3 heterocycles. The van der Waals surface area contributed by atoms with Crippen molar-refractivity contribution < 1.29 is 65.6 Å². The molecule has 25 heteroatoms. The number of aliphatic hydroxyl groups is 1. The molecule has 0 saturated carbocycles. The molecule has 274 valence electrons. The molecule has 0 aliphatic carbocycles. The van der Waals surface area contributed by atoms with E-state index >= 15 is 0 Å². The zero-order chi connectivity index (χ0) is 36.4. The Morgan fingerprint density at radius 2 is 1.90 bits per heavy atom. The normalized spacial score (nSPS) is 21.2. The second-order valence-electron chi connectivity index (χ2n) is 11.1. The fourth-order valence-electron chi connectivity index (χ4n) is 4.24. The zero-order valence-corrected chi connectivity index (χ0v) is 30.1. The number of imidazole rings is 1. The first-order valence-corrected chi connectivity index (χ1v) is 19.3. The SMILES string of the molecule is CCC(=O)SCCNC(=O)CCNC(=O)C(O)C(C)(C)COP(=O)(O)OP(=O)(O)OC[C@H]1O[C@@H](n2cnc3c(N)ncnc32)C[C@@H]1OP=O. The van der Waals surface area contributed by atoms with Crippen LogP contribution in [0.1, 0.15) is 46.3 Å². The van der Waals surface area contributed by atoms with Crippen molar-refractivity contribution in [2.45, 2.75) is 64.6 Å². The van der Waals surface area contributed by atoms with Crippen LogP contribution in [-0.2, 0) is 50.7 Å². The molecule has 0 spiro atoms. The van der Waals surface area contributed by atoms with Crippen molar-refractivity contribution in [1.82, 2.24) is 30.2 Å². The highest BCUT2D eigenvalue weighted by Gasteiger charge is 2.43. The maximum absolute atomic E-state index is 12.6. The molecular weight excluding hydrogens is 735 g/mol. The highest BCUT2D eigenvalue weighted by atomic mass is 32.2. The minimum absolute atomic E-state index is 0.000684. The predicted molar refractivity (Wildman–Crippen MR) is 172 cm³/mol. The number of fused-ring (bicyclic) bond motifs is 1. The van der Waals surface area contributed by atoms with E-state index in [0.717, 1.165) is 11.8 Å². The molecule has 0 bridgehead atoms. The Hall–Kier alpha value is -2.45. The fraction of sp³-hybridized carbons (Fsp3) is 0.667. The van der Waals surface area contributed by atoms with E-state index in [0.29, 0.717) is 23.3 Å². The highest BCUT2D eigenvalue weighted by molar-refractivity contribution is 8.13. The Balaban J connectivity index is 1.46. The van der Waals surface area contributed by atoms with Crippen molar-refractivity contribution in [1.29, 1.82) is 0 Å². The number of thioether (sulfide) groups is 1. The first-order chi connectivity index (χ1) is 23.0. The largest absolute Gasteiger partial charge is 0.481 e. The first-order valence-electron chi connectivity index (χ1n) is 14.6. The fourth-order valence-corrected chi connectivity index (χ4v) is 7.46. The molecule has 3 rings (SSSR count). The van der Waals surface area contributed by atoms with Gasteiger partial charge < -0.3 is 36.0 Å². The van der Waals surface area contributed by atoms with E-state index in [2.05, 4.69) is 29.9 Å². The molecule has 6 atom stereocenters. The van der Waals surface area contributed by atoms with Gasteiger partial charge in [0, 0.05) is 43.5 Å². The lowest BCUT2D eigenvalue weighted by Crippen LogP contribution is -2.46. The molecule has 49 heavy (non-hydrogen) atoms. The lowest BCUT2D eigenvalue weighted by atomic mass is 9.87. The second kappa shape index (κ2) is 18.2. The molecule has 1 aliphatic heterocycles. The van der Waals surface area contributed by atoms with Gasteiger partial charge in [0.15, 0.2) is 16.6 Å². The summed E-state index contributed by atoms with van der Waals surface area (Å²) in [7, 11) is -11.4. The van der Waals surface area contributed by atoms with Crippen molar-refractivity contribution in [3.63, 3.8) is 0 Å². The number of anilines is 1. The van der Waals surface area contributed by atoms with E-state index in [1.54, 1.807) is 6.92 Å². The maximum atomic E-state index is 12.6. The number of nitrogen functional groups attached to an aromatic ring is 1. The summed E-state index contributed by atoms with van der Waals surface area (Å²) in [4.78, 5) is 68.0. The average molecular weight is 774 g/mol. The number of rotatable bonds is 20. The van der Waals surface area contributed by atoms with Crippen molar-refractivity contribution in [3.05, 3.63) is 12.7 Å². The molecule has 21 nitrogen and oxygen atoms in total. The van der Waals surface area contributed by atoms with Crippen molar-refractivity contribution in [2.75, 3.05) is 37.8 Å². The minimum Gasteiger partial charge on any atom is -0.383 e. The van der Waals surface area contributed by atoms with Gasteiger partial charge in [-0.1, -0.05) is 32.5 Å². The van der Waals surface area contributed by atoms with Crippen LogP contribution in [0.25, 0.3) is 11.2 Å². The van der Waals surface area contributed by atoms with Crippen LogP contribution in [0, 0.1) is 5.41 Å². The number of aliphatic hydroxyl groups excluding tert-OH is 1. The van der Waals surface area contributed by atoms with Crippen LogP contribution in [0.2, 0.25) is 0 Å². The molecule has 0 radical (unpaired) electrons. The van der Waals surface area contributed by atoms with Crippen LogP contribution in [0.15, 0.2) is 12.7 Å². The Kier molecular flexibility index (Phi) is 15.2. The maximum Gasteiger partial charge on any atom is 0.481 e. The number of carbonyl (C=O) groups is 3. The van der Waals surface area contributed by atoms with Gasteiger partial charge in [0.1, 0.15) is 36.4 Å².